The normalized spacial score (nSPS) is 18.2. The Hall–Kier alpha value is -1.11. The highest BCUT2D eigenvalue weighted by Crippen LogP contribution is 2.25. The van der Waals surface area contributed by atoms with E-state index in [1.807, 2.05) is 0 Å². The van der Waals surface area contributed by atoms with Crippen LogP contribution in [0.25, 0.3) is 0 Å². The van der Waals surface area contributed by atoms with Gasteiger partial charge in [0.25, 0.3) is 5.82 Å². The lowest BCUT2D eigenvalue weighted by Gasteiger charge is -2.25. The molecule has 1 aliphatic heterocycles. The van der Waals surface area contributed by atoms with Crippen LogP contribution >= 0.6 is 0 Å². The minimum atomic E-state index is -4.45. The average molecular weight is 206 g/mol. The smallest absolute Gasteiger partial charge is 0.316 e. The largest absolute Gasteiger partial charge is 0.453 e. The standard InChI is InChI=1S/C7H9F3N4/c8-7(9,10)6-12-5(13-14-6)1-4-2-11-3-4/h4,11H,1-3H2,(H,12,13,14). The highest BCUT2D eigenvalue weighted by molar-refractivity contribution is 4.96. The molecule has 2 rings (SSSR count). The van der Waals surface area contributed by atoms with Crippen LogP contribution in [0.15, 0.2) is 0 Å². The van der Waals surface area contributed by atoms with Gasteiger partial charge in [-0.3, -0.25) is 5.10 Å². The molecule has 0 aliphatic carbocycles. The molecule has 0 radical (unpaired) electrons. The molecule has 1 aliphatic rings. The SMILES string of the molecule is FC(F)(F)c1n[nH]c(CC2CNC2)n1. The third kappa shape index (κ3) is 1.87. The van der Waals surface area contributed by atoms with Crippen LogP contribution in [0, 0.1) is 5.92 Å². The predicted octanol–water partition coefficient (Wildman–Crippen LogP) is 0.585. The Balaban J connectivity index is 2.02. The molecule has 0 amide bonds. The monoisotopic (exact) mass is 206 g/mol. The molecule has 1 saturated heterocycles. The Morgan fingerprint density at radius 2 is 2.07 bits per heavy atom. The Kier molecular flexibility index (Phi) is 2.18. The summed E-state index contributed by atoms with van der Waals surface area (Å²) in [5.74, 6) is -0.396. The summed E-state index contributed by atoms with van der Waals surface area (Å²) >= 11 is 0. The molecule has 2 N–H and O–H groups in total. The van der Waals surface area contributed by atoms with E-state index < -0.39 is 12.0 Å². The zero-order chi connectivity index (χ0) is 10.2. The van der Waals surface area contributed by atoms with Crippen LogP contribution in [0.1, 0.15) is 11.6 Å². The third-order valence-electron chi connectivity index (χ3n) is 2.13. The van der Waals surface area contributed by atoms with Crippen LogP contribution < -0.4 is 5.32 Å². The fourth-order valence-corrected chi connectivity index (χ4v) is 1.28. The Labute approximate surface area is 77.9 Å². The summed E-state index contributed by atoms with van der Waals surface area (Å²) in [6, 6.07) is 0. The number of H-pyrrole nitrogens is 1. The van der Waals surface area contributed by atoms with Gasteiger partial charge in [-0.05, 0) is 19.0 Å². The molecule has 0 saturated carbocycles. The number of halogens is 3. The van der Waals surface area contributed by atoms with E-state index in [4.69, 9.17) is 0 Å². The van der Waals surface area contributed by atoms with E-state index >= 15 is 0 Å². The van der Waals surface area contributed by atoms with E-state index in [0.29, 0.717) is 18.2 Å². The second-order valence-corrected chi connectivity index (χ2v) is 3.33. The summed E-state index contributed by atoms with van der Waals surface area (Å²) in [7, 11) is 0. The quantitative estimate of drug-likeness (QED) is 0.744. The maximum Gasteiger partial charge on any atom is 0.453 e. The highest BCUT2D eigenvalue weighted by Gasteiger charge is 2.36. The van der Waals surface area contributed by atoms with Gasteiger partial charge < -0.3 is 5.32 Å². The second kappa shape index (κ2) is 3.23. The van der Waals surface area contributed by atoms with Crippen LogP contribution in [0.3, 0.4) is 0 Å². The number of nitrogens with one attached hydrogen (secondary N) is 2. The lowest BCUT2D eigenvalue weighted by Crippen LogP contribution is -2.43. The first kappa shape index (κ1) is 9.45. The molecule has 0 atom stereocenters. The zero-order valence-electron chi connectivity index (χ0n) is 7.23. The van der Waals surface area contributed by atoms with Crippen LogP contribution in [-0.4, -0.2) is 28.3 Å². The summed E-state index contributed by atoms with van der Waals surface area (Å²) in [6.45, 7) is 1.67. The number of aromatic amines is 1. The summed E-state index contributed by atoms with van der Waals surface area (Å²) in [5.41, 5.74) is 0. The molecule has 1 aromatic heterocycles. The zero-order valence-corrected chi connectivity index (χ0v) is 7.23. The number of rotatable bonds is 2. The second-order valence-electron chi connectivity index (χ2n) is 3.33. The number of nitrogens with zero attached hydrogens (tertiary/aromatic N) is 2. The average Bonchev–Trinajstić information content (AvgIpc) is 2.43. The summed E-state index contributed by atoms with van der Waals surface area (Å²) < 4.78 is 36.2. The molecule has 14 heavy (non-hydrogen) atoms. The van der Waals surface area contributed by atoms with Gasteiger partial charge in [0.05, 0.1) is 0 Å². The van der Waals surface area contributed by atoms with Crippen molar-refractivity contribution >= 4 is 0 Å². The minimum Gasteiger partial charge on any atom is -0.316 e. The first-order chi connectivity index (χ1) is 6.55. The van der Waals surface area contributed by atoms with E-state index in [1.54, 1.807) is 0 Å². The topological polar surface area (TPSA) is 53.6 Å². The van der Waals surface area contributed by atoms with E-state index in [2.05, 4.69) is 20.5 Å². The van der Waals surface area contributed by atoms with E-state index in [1.165, 1.54) is 0 Å². The van der Waals surface area contributed by atoms with Gasteiger partial charge >= 0.3 is 6.18 Å². The van der Waals surface area contributed by atoms with Gasteiger partial charge in [-0.25, -0.2) is 4.98 Å². The number of hydrogen-bond donors (Lipinski definition) is 2. The van der Waals surface area contributed by atoms with Crippen molar-refractivity contribution in [1.82, 2.24) is 20.5 Å². The Bertz CT molecular complexity index is 315. The molecule has 7 heteroatoms. The molecule has 0 aromatic carbocycles. The van der Waals surface area contributed by atoms with Crippen LogP contribution in [0.5, 0.6) is 0 Å². The van der Waals surface area contributed by atoms with Crippen molar-refractivity contribution in [1.29, 1.82) is 0 Å². The molecular weight excluding hydrogens is 197 g/mol. The van der Waals surface area contributed by atoms with Crippen molar-refractivity contribution < 1.29 is 13.2 Å². The molecule has 0 unspecified atom stereocenters. The van der Waals surface area contributed by atoms with Gasteiger partial charge in [0, 0.05) is 6.42 Å². The van der Waals surface area contributed by atoms with E-state index in [-0.39, 0.29) is 0 Å². The predicted molar refractivity (Wildman–Crippen MR) is 41.4 cm³/mol. The molecule has 1 fully saturated rings. The highest BCUT2D eigenvalue weighted by atomic mass is 19.4. The molecule has 4 nitrogen and oxygen atoms in total. The van der Waals surface area contributed by atoms with Crippen molar-refractivity contribution in [2.75, 3.05) is 13.1 Å². The van der Waals surface area contributed by atoms with Gasteiger partial charge in [0.15, 0.2) is 0 Å². The summed E-state index contributed by atoms with van der Waals surface area (Å²) in [5, 5.41) is 8.45. The minimum absolute atomic E-state index is 0.309. The molecular formula is C7H9F3N4. The third-order valence-corrected chi connectivity index (χ3v) is 2.13. The van der Waals surface area contributed by atoms with E-state index in [0.717, 1.165) is 13.1 Å². The van der Waals surface area contributed by atoms with Crippen molar-refractivity contribution in [3.8, 4) is 0 Å². The fraction of sp³-hybridized carbons (Fsp3) is 0.714. The number of hydrogen-bond acceptors (Lipinski definition) is 3. The lowest BCUT2D eigenvalue weighted by atomic mass is 9.99. The number of alkyl halides is 3. The van der Waals surface area contributed by atoms with Crippen molar-refractivity contribution in [3.63, 3.8) is 0 Å². The van der Waals surface area contributed by atoms with Crippen LogP contribution in [-0.2, 0) is 12.6 Å². The molecule has 0 bridgehead atoms. The van der Waals surface area contributed by atoms with Crippen LogP contribution in [0.4, 0.5) is 13.2 Å². The summed E-state index contributed by atoms with van der Waals surface area (Å²) in [4.78, 5) is 3.38. The Morgan fingerprint density at radius 1 is 1.36 bits per heavy atom. The van der Waals surface area contributed by atoms with E-state index in [9.17, 15) is 13.2 Å². The van der Waals surface area contributed by atoms with Gasteiger partial charge in [-0.1, -0.05) is 0 Å². The van der Waals surface area contributed by atoms with Crippen molar-refractivity contribution in [2.24, 2.45) is 5.92 Å². The molecule has 0 spiro atoms. The van der Waals surface area contributed by atoms with Gasteiger partial charge in [-0.2, -0.15) is 13.2 Å². The summed E-state index contributed by atoms with van der Waals surface area (Å²) in [6.07, 6.45) is -3.93. The molecule has 1 aromatic rings. The first-order valence-electron chi connectivity index (χ1n) is 4.25. The van der Waals surface area contributed by atoms with Crippen LogP contribution in [0.2, 0.25) is 0 Å². The van der Waals surface area contributed by atoms with Gasteiger partial charge in [0.1, 0.15) is 5.82 Å². The Morgan fingerprint density at radius 3 is 2.50 bits per heavy atom. The van der Waals surface area contributed by atoms with Gasteiger partial charge in [-0.15, -0.1) is 5.10 Å². The van der Waals surface area contributed by atoms with Crippen molar-refractivity contribution in [3.05, 3.63) is 11.6 Å². The molecule has 78 valence electrons. The molecule has 2 heterocycles. The maximum atomic E-state index is 12.1. The fourth-order valence-electron chi connectivity index (χ4n) is 1.28. The maximum absolute atomic E-state index is 12.1. The van der Waals surface area contributed by atoms with Crippen molar-refractivity contribution in [2.45, 2.75) is 12.6 Å². The first-order valence-corrected chi connectivity index (χ1v) is 4.25. The lowest BCUT2D eigenvalue weighted by molar-refractivity contribution is -0.144. The number of aromatic nitrogens is 3. The van der Waals surface area contributed by atoms with Gasteiger partial charge in [0.2, 0.25) is 0 Å².